The minimum absolute atomic E-state index is 0.276. The van der Waals surface area contributed by atoms with E-state index in [2.05, 4.69) is 10.3 Å². The van der Waals surface area contributed by atoms with Crippen molar-refractivity contribution in [3.05, 3.63) is 23.8 Å². The molecular weight excluding hydrogens is 140 g/mol. The van der Waals surface area contributed by atoms with Crippen LogP contribution in [-0.4, -0.2) is 18.0 Å². The van der Waals surface area contributed by atoms with Crippen LogP contribution in [0.3, 0.4) is 0 Å². The Bertz CT molecular complexity index is 307. The van der Waals surface area contributed by atoms with Gasteiger partial charge in [0.15, 0.2) is 0 Å². The number of hydrogen-bond acceptors (Lipinski definition) is 3. The number of benzene rings is 1. The molecule has 3 heteroatoms. The van der Waals surface area contributed by atoms with Crippen molar-refractivity contribution in [3.63, 3.8) is 0 Å². The zero-order valence-corrected chi connectivity index (χ0v) is 5.91. The molecule has 3 nitrogen and oxygen atoms in total. The van der Waals surface area contributed by atoms with Crippen molar-refractivity contribution < 1.29 is 5.11 Å². The third-order valence-corrected chi connectivity index (χ3v) is 1.66. The second kappa shape index (κ2) is 2.27. The van der Waals surface area contributed by atoms with E-state index in [1.54, 1.807) is 18.3 Å². The standard InChI is InChI=1S/C8H8N2O/c11-8-3-1-2-7-6(8)4-9-5-10-7/h1-4,10-11H,5H2. The molecule has 1 aliphatic heterocycles. The Morgan fingerprint density at radius 2 is 2.36 bits per heavy atom. The molecule has 0 bridgehead atoms. The van der Waals surface area contributed by atoms with Crippen molar-refractivity contribution in [2.45, 2.75) is 0 Å². The number of nitrogens with zero attached hydrogens (tertiary/aromatic N) is 1. The summed E-state index contributed by atoms with van der Waals surface area (Å²) in [5.74, 6) is 0.276. The maximum atomic E-state index is 9.33. The normalized spacial score (nSPS) is 13.8. The molecule has 0 aliphatic carbocycles. The van der Waals surface area contributed by atoms with Gasteiger partial charge in [-0.3, -0.25) is 4.99 Å². The van der Waals surface area contributed by atoms with Crippen molar-refractivity contribution in [2.75, 3.05) is 12.0 Å². The molecule has 0 spiro atoms. The van der Waals surface area contributed by atoms with Crippen LogP contribution < -0.4 is 5.32 Å². The lowest BCUT2D eigenvalue weighted by molar-refractivity contribution is 0.474. The molecule has 1 aromatic carbocycles. The zero-order valence-electron chi connectivity index (χ0n) is 5.91. The Kier molecular flexibility index (Phi) is 1.28. The lowest BCUT2D eigenvalue weighted by Crippen LogP contribution is -2.07. The van der Waals surface area contributed by atoms with E-state index in [0.717, 1.165) is 11.3 Å². The summed E-state index contributed by atoms with van der Waals surface area (Å²) in [6.07, 6.45) is 1.68. The molecule has 56 valence electrons. The summed E-state index contributed by atoms with van der Waals surface area (Å²) in [5.41, 5.74) is 1.72. The van der Waals surface area contributed by atoms with Gasteiger partial charge in [-0.25, -0.2) is 0 Å². The Morgan fingerprint density at radius 1 is 1.45 bits per heavy atom. The van der Waals surface area contributed by atoms with Crippen molar-refractivity contribution in [1.82, 2.24) is 0 Å². The predicted molar refractivity (Wildman–Crippen MR) is 44.2 cm³/mol. The average molecular weight is 148 g/mol. The molecule has 0 fully saturated rings. The molecule has 0 radical (unpaired) electrons. The maximum absolute atomic E-state index is 9.33. The molecule has 0 atom stereocenters. The maximum Gasteiger partial charge on any atom is 0.126 e. The highest BCUT2D eigenvalue weighted by molar-refractivity contribution is 5.92. The second-order valence-corrected chi connectivity index (χ2v) is 2.38. The van der Waals surface area contributed by atoms with E-state index >= 15 is 0 Å². The van der Waals surface area contributed by atoms with Crippen LogP contribution in [0.4, 0.5) is 5.69 Å². The van der Waals surface area contributed by atoms with E-state index in [1.165, 1.54) is 0 Å². The Morgan fingerprint density at radius 3 is 3.18 bits per heavy atom. The van der Waals surface area contributed by atoms with Gasteiger partial charge in [-0.05, 0) is 12.1 Å². The van der Waals surface area contributed by atoms with Gasteiger partial charge < -0.3 is 10.4 Å². The van der Waals surface area contributed by atoms with Gasteiger partial charge in [-0.2, -0.15) is 0 Å². The summed E-state index contributed by atoms with van der Waals surface area (Å²) >= 11 is 0. The zero-order chi connectivity index (χ0) is 7.68. The lowest BCUT2D eigenvalue weighted by atomic mass is 10.1. The minimum Gasteiger partial charge on any atom is -0.507 e. The van der Waals surface area contributed by atoms with Gasteiger partial charge in [0.2, 0.25) is 0 Å². The summed E-state index contributed by atoms with van der Waals surface area (Å²) in [6.45, 7) is 0.594. The second-order valence-electron chi connectivity index (χ2n) is 2.38. The molecule has 1 heterocycles. The first-order chi connectivity index (χ1) is 5.38. The first-order valence-electron chi connectivity index (χ1n) is 3.43. The number of fused-ring (bicyclic) bond motifs is 1. The summed E-state index contributed by atoms with van der Waals surface area (Å²) < 4.78 is 0. The molecule has 0 unspecified atom stereocenters. The largest absolute Gasteiger partial charge is 0.507 e. The monoisotopic (exact) mass is 148 g/mol. The first-order valence-corrected chi connectivity index (χ1v) is 3.43. The van der Waals surface area contributed by atoms with Gasteiger partial charge in [-0.15, -0.1) is 0 Å². The number of rotatable bonds is 0. The number of phenols is 1. The van der Waals surface area contributed by atoms with Crippen molar-refractivity contribution in [3.8, 4) is 5.75 Å². The van der Waals surface area contributed by atoms with Crippen LogP contribution in [0, 0.1) is 0 Å². The molecule has 1 aromatic rings. The van der Waals surface area contributed by atoms with Crippen LogP contribution in [0.5, 0.6) is 5.75 Å². The van der Waals surface area contributed by atoms with E-state index in [0.29, 0.717) is 6.67 Å². The van der Waals surface area contributed by atoms with Crippen LogP contribution >= 0.6 is 0 Å². The van der Waals surface area contributed by atoms with Gasteiger partial charge in [0.25, 0.3) is 0 Å². The Hall–Kier alpha value is -1.51. The van der Waals surface area contributed by atoms with Crippen LogP contribution in [-0.2, 0) is 0 Å². The number of aliphatic imine (C=N–C) groups is 1. The third-order valence-electron chi connectivity index (χ3n) is 1.66. The van der Waals surface area contributed by atoms with Crippen molar-refractivity contribution in [2.24, 2.45) is 4.99 Å². The number of hydrogen-bond donors (Lipinski definition) is 2. The summed E-state index contributed by atoms with van der Waals surface area (Å²) in [4.78, 5) is 3.98. The van der Waals surface area contributed by atoms with Crippen LogP contribution in [0.25, 0.3) is 0 Å². The van der Waals surface area contributed by atoms with Crippen LogP contribution in [0.15, 0.2) is 23.2 Å². The predicted octanol–water partition coefficient (Wildman–Crippen LogP) is 1.19. The molecule has 2 N–H and O–H groups in total. The molecule has 11 heavy (non-hydrogen) atoms. The molecule has 0 amide bonds. The third kappa shape index (κ3) is 0.941. The molecule has 1 aliphatic rings. The van der Waals surface area contributed by atoms with E-state index in [1.807, 2.05) is 6.07 Å². The fraction of sp³-hybridized carbons (Fsp3) is 0.125. The number of phenolic OH excluding ortho intramolecular Hbond substituents is 1. The fourth-order valence-corrected chi connectivity index (χ4v) is 1.11. The van der Waals surface area contributed by atoms with Crippen molar-refractivity contribution in [1.29, 1.82) is 0 Å². The van der Waals surface area contributed by atoms with E-state index < -0.39 is 0 Å². The number of nitrogens with one attached hydrogen (secondary N) is 1. The minimum atomic E-state index is 0.276. The molecule has 0 saturated carbocycles. The Labute approximate surface area is 64.4 Å². The van der Waals surface area contributed by atoms with Gasteiger partial charge in [-0.1, -0.05) is 6.07 Å². The molecule has 0 saturated heterocycles. The quantitative estimate of drug-likeness (QED) is 0.580. The topological polar surface area (TPSA) is 44.6 Å². The lowest BCUT2D eigenvalue weighted by Gasteiger charge is -2.12. The average Bonchev–Trinajstić information content (AvgIpc) is 2.06. The first kappa shape index (κ1) is 6.22. The highest BCUT2D eigenvalue weighted by Crippen LogP contribution is 2.24. The van der Waals surface area contributed by atoms with Crippen LogP contribution in [0.1, 0.15) is 5.56 Å². The van der Waals surface area contributed by atoms with E-state index in [9.17, 15) is 5.11 Å². The van der Waals surface area contributed by atoms with E-state index in [-0.39, 0.29) is 5.75 Å². The highest BCUT2D eigenvalue weighted by atomic mass is 16.3. The summed E-state index contributed by atoms with van der Waals surface area (Å²) in [6, 6.07) is 5.37. The molecule has 0 aromatic heterocycles. The number of aromatic hydroxyl groups is 1. The summed E-state index contributed by atoms with van der Waals surface area (Å²) in [5, 5.41) is 12.4. The SMILES string of the molecule is Oc1cccc2c1C=NCN2. The fourth-order valence-electron chi connectivity index (χ4n) is 1.11. The molecule has 2 rings (SSSR count). The Balaban J connectivity index is 2.60. The van der Waals surface area contributed by atoms with Gasteiger partial charge in [0.1, 0.15) is 12.4 Å². The van der Waals surface area contributed by atoms with Crippen LogP contribution in [0.2, 0.25) is 0 Å². The highest BCUT2D eigenvalue weighted by Gasteiger charge is 2.06. The number of anilines is 1. The smallest absolute Gasteiger partial charge is 0.126 e. The summed E-state index contributed by atoms with van der Waals surface area (Å²) in [7, 11) is 0. The van der Waals surface area contributed by atoms with Gasteiger partial charge in [0, 0.05) is 11.9 Å². The van der Waals surface area contributed by atoms with E-state index in [4.69, 9.17) is 0 Å². The molecular formula is C8H8N2O. The van der Waals surface area contributed by atoms with Gasteiger partial charge in [0.05, 0.1) is 5.56 Å². The van der Waals surface area contributed by atoms with Gasteiger partial charge >= 0.3 is 0 Å². The van der Waals surface area contributed by atoms with Crippen molar-refractivity contribution >= 4 is 11.9 Å².